The number of hydrogen-bond acceptors (Lipinski definition) is 7. The maximum atomic E-state index is 12.5. The average Bonchev–Trinajstić information content (AvgIpc) is 2.97. The number of morpholine rings is 1. The van der Waals surface area contributed by atoms with E-state index in [2.05, 4.69) is 20.4 Å². The Bertz CT molecular complexity index is 1340. The Hall–Kier alpha value is -4.56. The van der Waals surface area contributed by atoms with Crippen LogP contribution < -0.4 is 15.0 Å². The van der Waals surface area contributed by atoms with Crippen molar-refractivity contribution in [3.8, 4) is 17.0 Å². The van der Waals surface area contributed by atoms with Gasteiger partial charge in [-0.1, -0.05) is 42.5 Å². The van der Waals surface area contributed by atoms with Gasteiger partial charge in [0.15, 0.2) is 18.2 Å². The minimum absolute atomic E-state index is 0.0626. The Balaban J connectivity index is 1.12. The molecule has 0 bridgehead atoms. The van der Waals surface area contributed by atoms with Gasteiger partial charge in [0.2, 0.25) is 0 Å². The highest BCUT2D eigenvalue weighted by Gasteiger charge is 2.13. The molecule has 1 saturated heterocycles. The first-order valence-electron chi connectivity index (χ1n) is 12.0. The van der Waals surface area contributed by atoms with Gasteiger partial charge in [-0.2, -0.15) is 0 Å². The number of nitrogens with zero attached hydrogens (tertiary/aromatic N) is 3. The lowest BCUT2D eigenvalue weighted by molar-refractivity contribution is -0.118. The van der Waals surface area contributed by atoms with Gasteiger partial charge in [-0.15, -0.1) is 10.2 Å². The van der Waals surface area contributed by atoms with E-state index in [9.17, 15) is 9.59 Å². The summed E-state index contributed by atoms with van der Waals surface area (Å²) in [7, 11) is 0. The maximum Gasteiger partial charge on any atom is 0.262 e. The summed E-state index contributed by atoms with van der Waals surface area (Å²) in [5, 5.41) is 11.5. The highest BCUT2D eigenvalue weighted by molar-refractivity contribution is 6.09. The molecule has 0 radical (unpaired) electrons. The molecule has 0 unspecified atom stereocenters. The van der Waals surface area contributed by atoms with Gasteiger partial charge in [0.05, 0.1) is 18.9 Å². The van der Waals surface area contributed by atoms with Crippen molar-refractivity contribution in [3.05, 3.63) is 102 Å². The summed E-state index contributed by atoms with van der Waals surface area (Å²) in [5.41, 5.74) is 3.49. The van der Waals surface area contributed by atoms with Crippen LogP contribution in [0.4, 0.5) is 11.5 Å². The number of nitrogens with one attached hydrogen (secondary N) is 1. The fraction of sp³-hybridized carbons (Fsp3) is 0.172. The van der Waals surface area contributed by atoms with Gasteiger partial charge < -0.3 is 19.7 Å². The van der Waals surface area contributed by atoms with Crippen molar-refractivity contribution in [1.29, 1.82) is 0 Å². The number of carbonyl (C=O) groups excluding carboxylic acids is 2. The summed E-state index contributed by atoms with van der Waals surface area (Å²) in [6.45, 7) is 2.87. The van der Waals surface area contributed by atoms with Crippen LogP contribution in [0.25, 0.3) is 11.3 Å². The van der Waals surface area contributed by atoms with Gasteiger partial charge in [0.25, 0.3) is 5.91 Å². The molecule has 0 atom stereocenters. The molecule has 5 rings (SSSR count). The predicted octanol–water partition coefficient (Wildman–Crippen LogP) is 4.23. The highest BCUT2D eigenvalue weighted by Crippen LogP contribution is 2.21. The first-order chi connectivity index (χ1) is 18.2. The van der Waals surface area contributed by atoms with Gasteiger partial charge in [-0.25, -0.2) is 0 Å². The van der Waals surface area contributed by atoms with Crippen LogP contribution in [0, 0.1) is 0 Å². The largest absolute Gasteiger partial charge is 0.484 e. The summed E-state index contributed by atoms with van der Waals surface area (Å²) in [6.07, 6.45) is 0. The van der Waals surface area contributed by atoms with Crippen molar-refractivity contribution < 1.29 is 19.1 Å². The zero-order valence-corrected chi connectivity index (χ0v) is 20.2. The molecule has 1 aromatic heterocycles. The molecule has 1 aliphatic heterocycles. The number of rotatable bonds is 8. The lowest BCUT2D eigenvalue weighted by atomic mass is 10.0. The first kappa shape index (κ1) is 24.1. The Morgan fingerprint density at radius 2 is 1.51 bits per heavy atom. The molecule has 0 aliphatic carbocycles. The van der Waals surface area contributed by atoms with Gasteiger partial charge in [-0.05, 0) is 48.5 Å². The van der Waals surface area contributed by atoms with Crippen molar-refractivity contribution in [3.63, 3.8) is 0 Å². The molecule has 1 fully saturated rings. The van der Waals surface area contributed by atoms with Crippen molar-refractivity contribution >= 4 is 23.2 Å². The second kappa shape index (κ2) is 11.5. The minimum Gasteiger partial charge on any atom is -0.484 e. The van der Waals surface area contributed by atoms with Crippen molar-refractivity contribution in [1.82, 2.24) is 10.2 Å². The van der Waals surface area contributed by atoms with Crippen LogP contribution >= 0.6 is 0 Å². The van der Waals surface area contributed by atoms with E-state index in [1.807, 2.05) is 54.6 Å². The third kappa shape index (κ3) is 6.17. The number of carbonyl (C=O) groups is 2. The van der Waals surface area contributed by atoms with E-state index in [1.54, 1.807) is 36.4 Å². The maximum absolute atomic E-state index is 12.5. The Kier molecular flexibility index (Phi) is 7.47. The number of anilines is 2. The second-order valence-corrected chi connectivity index (χ2v) is 8.51. The third-order valence-corrected chi connectivity index (χ3v) is 5.97. The topological polar surface area (TPSA) is 93.7 Å². The van der Waals surface area contributed by atoms with Crippen LogP contribution in [0.2, 0.25) is 0 Å². The minimum atomic E-state index is -0.285. The van der Waals surface area contributed by atoms with Crippen LogP contribution in [0.3, 0.4) is 0 Å². The molecule has 3 aromatic carbocycles. The normalized spacial score (nSPS) is 13.1. The molecule has 4 aromatic rings. The van der Waals surface area contributed by atoms with Gasteiger partial charge in [0.1, 0.15) is 5.75 Å². The van der Waals surface area contributed by atoms with Crippen LogP contribution in [-0.4, -0.2) is 54.8 Å². The number of amides is 1. The lowest BCUT2D eigenvalue weighted by Gasteiger charge is -2.27. The molecule has 8 nitrogen and oxygen atoms in total. The summed E-state index contributed by atoms with van der Waals surface area (Å²) in [4.78, 5) is 27.0. The number of hydrogen-bond donors (Lipinski definition) is 1. The number of ether oxygens (including phenoxy) is 2. The van der Waals surface area contributed by atoms with Crippen LogP contribution in [0.1, 0.15) is 15.9 Å². The third-order valence-electron chi connectivity index (χ3n) is 5.97. The highest BCUT2D eigenvalue weighted by atomic mass is 16.5. The van der Waals surface area contributed by atoms with Crippen LogP contribution in [-0.2, 0) is 9.53 Å². The van der Waals surface area contributed by atoms with Gasteiger partial charge in [-0.3, -0.25) is 9.59 Å². The molecule has 1 amide bonds. The average molecular weight is 495 g/mol. The Morgan fingerprint density at radius 3 is 2.19 bits per heavy atom. The summed E-state index contributed by atoms with van der Waals surface area (Å²) < 4.78 is 11.0. The van der Waals surface area contributed by atoms with E-state index in [0.29, 0.717) is 35.8 Å². The van der Waals surface area contributed by atoms with Crippen molar-refractivity contribution in [2.45, 2.75) is 0 Å². The van der Waals surface area contributed by atoms with Crippen LogP contribution in [0.15, 0.2) is 91.0 Å². The molecular formula is C29H26N4O4. The quantitative estimate of drug-likeness (QED) is 0.367. The molecule has 186 valence electrons. The summed E-state index contributed by atoms with van der Waals surface area (Å²) in [6, 6.07) is 27.1. The summed E-state index contributed by atoms with van der Waals surface area (Å²) >= 11 is 0. The molecule has 1 aliphatic rings. The fourth-order valence-corrected chi connectivity index (χ4v) is 3.97. The standard InChI is InChI=1S/C29H26N4O4/c34-28(20-37-25-12-8-23(9-13-25)29(35)22-4-2-1-3-5-22)30-24-10-6-21(7-11-24)26-14-15-27(32-31-26)33-16-18-36-19-17-33/h1-15H,16-20H2,(H,30,34). The van der Waals surface area contributed by atoms with E-state index >= 15 is 0 Å². The lowest BCUT2D eigenvalue weighted by Crippen LogP contribution is -2.36. The van der Waals surface area contributed by atoms with E-state index in [-0.39, 0.29) is 18.3 Å². The monoisotopic (exact) mass is 494 g/mol. The summed E-state index contributed by atoms with van der Waals surface area (Å²) in [5.74, 6) is 1.00. The smallest absolute Gasteiger partial charge is 0.262 e. The Labute approximate surface area is 214 Å². The van der Waals surface area contributed by atoms with Crippen molar-refractivity contribution in [2.75, 3.05) is 43.1 Å². The molecule has 8 heteroatoms. The zero-order chi connectivity index (χ0) is 25.5. The van der Waals surface area contributed by atoms with E-state index in [4.69, 9.17) is 9.47 Å². The number of ketones is 1. The van der Waals surface area contributed by atoms with E-state index in [0.717, 1.165) is 30.2 Å². The molecule has 2 heterocycles. The van der Waals surface area contributed by atoms with Crippen molar-refractivity contribution in [2.24, 2.45) is 0 Å². The second-order valence-electron chi connectivity index (χ2n) is 8.51. The first-order valence-corrected chi connectivity index (χ1v) is 12.0. The number of aromatic nitrogens is 2. The van der Waals surface area contributed by atoms with E-state index in [1.165, 1.54) is 0 Å². The molecular weight excluding hydrogens is 468 g/mol. The SMILES string of the molecule is O=C(COc1ccc(C(=O)c2ccccc2)cc1)Nc1ccc(-c2ccc(N3CCOCC3)nn2)cc1. The zero-order valence-electron chi connectivity index (χ0n) is 20.2. The Morgan fingerprint density at radius 1 is 0.811 bits per heavy atom. The molecule has 0 saturated carbocycles. The van der Waals surface area contributed by atoms with Gasteiger partial charge >= 0.3 is 0 Å². The number of benzene rings is 3. The molecule has 37 heavy (non-hydrogen) atoms. The molecule has 1 N–H and O–H groups in total. The predicted molar refractivity (Wildman–Crippen MR) is 141 cm³/mol. The van der Waals surface area contributed by atoms with Gasteiger partial charge in [0, 0.05) is 35.5 Å². The molecule has 0 spiro atoms. The fourth-order valence-electron chi connectivity index (χ4n) is 3.97. The van der Waals surface area contributed by atoms with E-state index < -0.39 is 0 Å². The van der Waals surface area contributed by atoms with Crippen LogP contribution in [0.5, 0.6) is 5.75 Å².